The van der Waals surface area contributed by atoms with Crippen LogP contribution < -0.4 is 16.8 Å². The van der Waals surface area contributed by atoms with Gasteiger partial charge in [0.05, 0.1) is 17.6 Å². The van der Waals surface area contributed by atoms with Crippen LogP contribution in [-0.2, 0) is 6.42 Å². The molecule has 0 aliphatic rings. The van der Waals surface area contributed by atoms with Crippen molar-refractivity contribution in [3.63, 3.8) is 0 Å². The van der Waals surface area contributed by atoms with Gasteiger partial charge in [-0.15, -0.1) is 0 Å². The number of nitrogens with one attached hydrogen (secondary N) is 1. The van der Waals surface area contributed by atoms with E-state index >= 15 is 0 Å². The maximum atomic E-state index is 11.6. The molecule has 0 spiro atoms. The van der Waals surface area contributed by atoms with Crippen LogP contribution in [0.4, 0.5) is 10.5 Å². The second-order valence-corrected chi connectivity index (χ2v) is 5.94. The number of urea groups is 1. The molecule has 0 radical (unpaired) electrons. The third-order valence-corrected chi connectivity index (χ3v) is 4.09. The predicted molar refractivity (Wildman–Crippen MR) is 102 cm³/mol. The number of nitrogens with two attached hydrogens (primary N) is 2. The number of amides is 3. The van der Waals surface area contributed by atoms with Gasteiger partial charge in [-0.2, -0.15) is 5.10 Å². The average molecular weight is 365 g/mol. The highest BCUT2D eigenvalue weighted by atomic mass is 16.3. The number of aryl methyl sites for hydroxylation is 1. The van der Waals surface area contributed by atoms with Gasteiger partial charge < -0.3 is 21.9 Å². The minimum absolute atomic E-state index is 0.0760. The van der Waals surface area contributed by atoms with Crippen LogP contribution in [0.25, 0.3) is 16.8 Å². The summed E-state index contributed by atoms with van der Waals surface area (Å²) in [4.78, 5) is 22.7. The highest BCUT2D eigenvalue weighted by Crippen LogP contribution is 2.28. The molecule has 2 aromatic carbocycles. The number of primary amides is 2. The number of rotatable bonds is 5. The lowest BCUT2D eigenvalue weighted by Gasteiger charge is -2.11. The largest absolute Gasteiger partial charge is 0.508 e. The topological polar surface area (TPSA) is 136 Å². The standard InChI is InChI=1S/C19H19N5O3/c1-2-11-8-13(12-4-3-5-14(25)9-12)6-7-16(11)24-10-15(22-19(21)27)17(23-24)18(20)26/h3-10,25H,2H2,1H3,(H2,20,26)(H3,21,22,27). The minimum atomic E-state index is -0.813. The fraction of sp³-hybridized carbons (Fsp3) is 0.105. The van der Waals surface area contributed by atoms with Crippen LogP contribution in [0.2, 0.25) is 0 Å². The monoisotopic (exact) mass is 365 g/mol. The number of hydrogen-bond donors (Lipinski definition) is 4. The molecule has 138 valence electrons. The molecule has 0 fully saturated rings. The second kappa shape index (κ2) is 7.20. The molecule has 3 rings (SSSR count). The van der Waals surface area contributed by atoms with Crippen LogP contribution >= 0.6 is 0 Å². The van der Waals surface area contributed by atoms with Gasteiger partial charge in [0.2, 0.25) is 0 Å². The molecule has 8 nitrogen and oxygen atoms in total. The number of aromatic nitrogens is 2. The van der Waals surface area contributed by atoms with E-state index in [-0.39, 0.29) is 17.1 Å². The Morgan fingerprint density at radius 3 is 2.52 bits per heavy atom. The number of anilines is 1. The molecule has 0 aliphatic carbocycles. The molecule has 1 aromatic heterocycles. The molecule has 0 saturated heterocycles. The molecule has 8 heteroatoms. The fourth-order valence-corrected chi connectivity index (χ4v) is 2.86. The van der Waals surface area contributed by atoms with Gasteiger partial charge in [-0.3, -0.25) is 4.79 Å². The van der Waals surface area contributed by atoms with Crippen molar-refractivity contribution in [2.75, 3.05) is 5.32 Å². The van der Waals surface area contributed by atoms with Crippen LogP contribution in [0.5, 0.6) is 5.75 Å². The molecule has 3 aromatic rings. The first-order valence-corrected chi connectivity index (χ1v) is 8.27. The van der Waals surface area contributed by atoms with E-state index in [1.807, 2.05) is 31.2 Å². The molecular formula is C19H19N5O3. The Kier molecular flexibility index (Phi) is 4.80. The summed E-state index contributed by atoms with van der Waals surface area (Å²) in [5, 5.41) is 16.2. The van der Waals surface area contributed by atoms with Gasteiger partial charge in [0.15, 0.2) is 5.69 Å². The first-order chi connectivity index (χ1) is 12.9. The summed E-state index contributed by atoms with van der Waals surface area (Å²) in [6.45, 7) is 1.99. The van der Waals surface area contributed by atoms with Crippen LogP contribution in [-0.4, -0.2) is 26.8 Å². The quantitative estimate of drug-likeness (QED) is 0.552. The van der Waals surface area contributed by atoms with Crippen molar-refractivity contribution < 1.29 is 14.7 Å². The SMILES string of the molecule is CCc1cc(-c2cccc(O)c2)ccc1-n1cc(NC(N)=O)c(C(N)=O)n1. The Labute approximate surface area is 155 Å². The number of nitrogens with zero attached hydrogens (tertiary/aromatic N) is 2. The van der Waals surface area contributed by atoms with Gasteiger partial charge in [-0.25, -0.2) is 9.48 Å². The van der Waals surface area contributed by atoms with Crippen LogP contribution in [0.3, 0.4) is 0 Å². The van der Waals surface area contributed by atoms with Crippen molar-refractivity contribution >= 4 is 17.6 Å². The Balaban J connectivity index is 2.07. The summed E-state index contributed by atoms with van der Waals surface area (Å²) in [5.41, 5.74) is 14.1. The van der Waals surface area contributed by atoms with Gasteiger partial charge in [0.25, 0.3) is 5.91 Å². The Morgan fingerprint density at radius 2 is 1.89 bits per heavy atom. The van der Waals surface area contributed by atoms with Crippen molar-refractivity contribution in [3.8, 4) is 22.6 Å². The summed E-state index contributed by atoms with van der Waals surface area (Å²) in [5.74, 6) is -0.582. The zero-order valence-electron chi connectivity index (χ0n) is 14.6. The number of benzene rings is 2. The molecule has 0 bridgehead atoms. The zero-order valence-corrected chi connectivity index (χ0v) is 14.6. The Bertz CT molecular complexity index is 1030. The zero-order chi connectivity index (χ0) is 19.6. The summed E-state index contributed by atoms with van der Waals surface area (Å²) >= 11 is 0. The van der Waals surface area contributed by atoms with Crippen LogP contribution in [0.1, 0.15) is 23.0 Å². The van der Waals surface area contributed by atoms with E-state index in [4.69, 9.17) is 11.5 Å². The van der Waals surface area contributed by atoms with Crippen molar-refractivity contribution in [2.24, 2.45) is 11.5 Å². The number of carbonyl (C=O) groups is 2. The summed E-state index contributed by atoms with van der Waals surface area (Å²) in [7, 11) is 0. The number of phenolic OH excluding ortho intramolecular Hbond substituents is 1. The van der Waals surface area contributed by atoms with Crippen molar-refractivity contribution in [2.45, 2.75) is 13.3 Å². The summed E-state index contributed by atoms with van der Waals surface area (Å²) in [6.07, 6.45) is 2.19. The van der Waals surface area contributed by atoms with Crippen molar-refractivity contribution in [1.29, 1.82) is 0 Å². The molecule has 0 saturated carbocycles. The van der Waals surface area contributed by atoms with Crippen molar-refractivity contribution in [1.82, 2.24) is 9.78 Å². The molecule has 6 N–H and O–H groups in total. The number of phenols is 1. The lowest BCUT2D eigenvalue weighted by Crippen LogP contribution is -2.22. The van der Waals surface area contributed by atoms with Crippen molar-refractivity contribution in [3.05, 3.63) is 59.9 Å². The molecule has 0 aliphatic heterocycles. The maximum Gasteiger partial charge on any atom is 0.316 e. The van der Waals surface area contributed by atoms with Crippen LogP contribution in [0.15, 0.2) is 48.7 Å². The first-order valence-electron chi connectivity index (χ1n) is 8.27. The average Bonchev–Trinajstić information content (AvgIpc) is 3.04. The van der Waals surface area contributed by atoms with Gasteiger partial charge >= 0.3 is 6.03 Å². The van der Waals surface area contributed by atoms with E-state index in [1.54, 1.807) is 18.2 Å². The number of carbonyl (C=O) groups excluding carboxylic acids is 2. The van der Waals surface area contributed by atoms with Gasteiger partial charge in [-0.1, -0.05) is 25.1 Å². The molecule has 1 heterocycles. The highest BCUT2D eigenvalue weighted by molar-refractivity contribution is 6.00. The van der Waals surface area contributed by atoms with E-state index in [0.717, 1.165) is 22.4 Å². The van der Waals surface area contributed by atoms with Gasteiger partial charge in [0, 0.05) is 0 Å². The fourth-order valence-electron chi connectivity index (χ4n) is 2.86. The first kappa shape index (κ1) is 18.0. The van der Waals surface area contributed by atoms with E-state index in [9.17, 15) is 14.7 Å². The normalized spacial score (nSPS) is 10.6. The lowest BCUT2D eigenvalue weighted by molar-refractivity contribution is 0.0996. The van der Waals surface area contributed by atoms with Gasteiger partial charge in [-0.05, 0) is 47.4 Å². The van der Waals surface area contributed by atoms with E-state index < -0.39 is 11.9 Å². The van der Waals surface area contributed by atoms with E-state index in [2.05, 4.69) is 10.4 Å². The van der Waals surface area contributed by atoms with Gasteiger partial charge in [0.1, 0.15) is 5.75 Å². The summed E-state index contributed by atoms with van der Waals surface area (Å²) < 4.78 is 1.48. The highest BCUT2D eigenvalue weighted by Gasteiger charge is 2.17. The molecule has 0 unspecified atom stereocenters. The number of hydrogen-bond acceptors (Lipinski definition) is 4. The minimum Gasteiger partial charge on any atom is -0.508 e. The molecule has 3 amide bonds. The third kappa shape index (κ3) is 3.74. The molecular weight excluding hydrogens is 346 g/mol. The van der Waals surface area contributed by atoms with Crippen LogP contribution in [0, 0.1) is 0 Å². The maximum absolute atomic E-state index is 11.6. The molecule has 27 heavy (non-hydrogen) atoms. The predicted octanol–water partition coefficient (Wildman–Crippen LogP) is 2.40. The Morgan fingerprint density at radius 1 is 1.15 bits per heavy atom. The van der Waals surface area contributed by atoms with E-state index in [1.165, 1.54) is 10.9 Å². The smallest absolute Gasteiger partial charge is 0.316 e. The van der Waals surface area contributed by atoms with E-state index in [0.29, 0.717) is 6.42 Å². The third-order valence-electron chi connectivity index (χ3n) is 4.09. The summed E-state index contributed by atoms with van der Waals surface area (Å²) in [6, 6.07) is 11.9. The molecule has 0 atom stereocenters. The lowest BCUT2D eigenvalue weighted by atomic mass is 10.0. The second-order valence-electron chi connectivity index (χ2n) is 5.94. The Hall–Kier alpha value is -3.81. The number of aromatic hydroxyl groups is 1.